The van der Waals surface area contributed by atoms with Gasteiger partial charge in [0.1, 0.15) is 41.3 Å². The van der Waals surface area contributed by atoms with Gasteiger partial charge in [0.25, 0.3) is 5.91 Å². The van der Waals surface area contributed by atoms with Crippen molar-refractivity contribution in [1.29, 1.82) is 0 Å². The quantitative estimate of drug-likeness (QED) is 0.170. The number of allylic oxidation sites excluding steroid dienone is 1. The van der Waals surface area contributed by atoms with Gasteiger partial charge in [-0.3, -0.25) is 24.1 Å². The number of hydrogen-bond donors (Lipinski definition) is 3. The Bertz CT molecular complexity index is 2520. The summed E-state index contributed by atoms with van der Waals surface area (Å²) in [6, 6.07) is 8.78. The highest BCUT2D eigenvalue weighted by atomic mass is 32.2. The van der Waals surface area contributed by atoms with Crippen LogP contribution in [-0.4, -0.2) is 102 Å². The Morgan fingerprint density at radius 1 is 0.955 bits per heavy atom. The molecule has 9 rings (SSSR count). The summed E-state index contributed by atoms with van der Waals surface area (Å²) in [7, 11) is -2.35. The first-order valence-electron chi connectivity index (χ1n) is 23.6. The Kier molecular flexibility index (Phi) is 12.4. The lowest BCUT2D eigenvalue weighted by Crippen LogP contribution is -2.59. The first kappa shape index (κ1) is 45.7. The fourth-order valence-corrected chi connectivity index (χ4v) is 12.0. The highest BCUT2D eigenvalue weighted by Gasteiger charge is 2.62. The van der Waals surface area contributed by atoms with Gasteiger partial charge in [-0.05, 0) is 137 Å². The van der Waals surface area contributed by atoms with E-state index in [1.165, 1.54) is 4.90 Å². The molecule has 0 spiro atoms. The fraction of sp³-hybridized carbons (Fsp3) is 0.592. The summed E-state index contributed by atoms with van der Waals surface area (Å²) >= 11 is 0. The second-order valence-electron chi connectivity index (χ2n) is 20.0. The summed E-state index contributed by atoms with van der Waals surface area (Å²) in [5, 5.41) is 6.64. The van der Waals surface area contributed by atoms with Crippen molar-refractivity contribution < 1.29 is 50.8 Å². The van der Waals surface area contributed by atoms with Gasteiger partial charge >= 0.3 is 6.09 Å². The van der Waals surface area contributed by atoms with Crippen LogP contribution in [-0.2, 0) is 29.1 Å². The SMILES string of the molecule is COc1ccc2c(O[C@@H]3C[C@H]4C(=O)N[C@]5(C(=O)NS(=O)(=O)C6CC6)C[C@H]5/C=C\CC[C@H](C)C[C@@H](C)[C@H](NC(=O)OC5CC6C(C)C6C5)C(=O)N4C3)nc(-c3ccc(OC(C)C)cn3)cc2c1.[HH].[HH].[HH]. The molecule has 5 fully saturated rings. The summed E-state index contributed by atoms with van der Waals surface area (Å²) in [4.78, 5) is 68.7. The number of carbonyl (C=O) groups is 4. The molecule has 360 valence electrons. The Labute approximate surface area is 390 Å². The molecule has 4 aliphatic carbocycles. The third-order valence-electron chi connectivity index (χ3n) is 14.6. The predicted octanol–water partition coefficient (Wildman–Crippen LogP) is 6.81. The molecule has 0 radical (unpaired) electrons. The van der Waals surface area contributed by atoms with Crippen molar-refractivity contribution in [1.82, 2.24) is 30.2 Å². The summed E-state index contributed by atoms with van der Waals surface area (Å²) in [6.45, 7) is 10.1. The van der Waals surface area contributed by atoms with Crippen LogP contribution in [0.2, 0.25) is 0 Å². The maximum absolute atomic E-state index is 15.2. The molecular formula is C49H68N6O10S. The second-order valence-corrected chi connectivity index (χ2v) is 22.0. The zero-order valence-electron chi connectivity index (χ0n) is 38.5. The average molecular weight is 933 g/mol. The maximum atomic E-state index is 15.2. The van der Waals surface area contributed by atoms with Gasteiger partial charge in [0, 0.05) is 22.0 Å². The number of ether oxygens (including phenoxy) is 4. The van der Waals surface area contributed by atoms with E-state index >= 15 is 4.79 Å². The molecule has 2 aliphatic heterocycles. The average Bonchev–Trinajstić information content (AvgIpc) is 4.24. The van der Waals surface area contributed by atoms with Crippen molar-refractivity contribution in [3.05, 3.63) is 54.7 Å². The van der Waals surface area contributed by atoms with Gasteiger partial charge in [-0.25, -0.2) is 18.2 Å². The summed E-state index contributed by atoms with van der Waals surface area (Å²) in [6.07, 6.45) is 8.53. The molecule has 4 saturated carbocycles. The second kappa shape index (κ2) is 18.0. The Morgan fingerprint density at radius 3 is 2.41 bits per heavy atom. The van der Waals surface area contributed by atoms with Crippen molar-refractivity contribution in [2.75, 3.05) is 13.7 Å². The zero-order valence-corrected chi connectivity index (χ0v) is 39.3. The molecule has 4 amide bonds. The van der Waals surface area contributed by atoms with Crippen molar-refractivity contribution in [2.24, 2.45) is 35.5 Å². The van der Waals surface area contributed by atoms with Crippen LogP contribution in [0.1, 0.15) is 96.7 Å². The van der Waals surface area contributed by atoms with Crippen LogP contribution >= 0.6 is 0 Å². The van der Waals surface area contributed by atoms with Crippen LogP contribution in [0, 0.1) is 35.5 Å². The number of methoxy groups -OCH3 is 1. The van der Waals surface area contributed by atoms with Crippen molar-refractivity contribution >= 4 is 44.6 Å². The summed E-state index contributed by atoms with van der Waals surface area (Å²) in [5.74, 6) is 0.621. The number of alkyl carbamates (subject to hydrolysis) is 1. The Balaban J connectivity index is 0.00000261. The van der Waals surface area contributed by atoms with E-state index in [4.69, 9.17) is 23.9 Å². The van der Waals surface area contributed by atoms with E-state index in [9.17, 15) is 22.8 Å². The Morgan fingerprint density at radius 2 is 1.71 bits per heavy atom. The van der Waals surface area contributed by atoms with E-state index in [1.54, 1.807) is 19.4 Å². The van der Waals surface area contributed by atoms with Crippen LogP contribution in [0.25, 0.3) is 22.2 Å². The van der Waals surface area contributed by atoms with Gasteiger partial charge in [-0.2, -0.15) is 0 Å². The Hall–Kier alpha value is -5.45. The van der Waals surface area contributed by atoms with Gasteiger partial charge in [0.15, 0.2) is 0 Å². The van der Waals surface area contributed by atoms with Crippen LogP contribution in [0.3, 0.4) is 0 Å². The van der Waals surface area contributed by atoms with Crippen LogP contribution in [0.4, 0.5) is 4.79 Å². The van der Waals surface area contributed by atoms with Gasteiger partial charge in [-0.15, -0.1) is 0 Å². The van der Waals surface area contributed by atoms with E-state index in [2.05, 4.69) is 34.2 Å². The lowest BCUT2D eigenvalue weighted by Gasteiger charge is -2.33. The number of rotatable bonds is 11. The number of pyridine rings is 2. The van der Waals surface area contributed by atoms with Crippen LogP contribution < -0.4 is 29.6 Å². The third-order valence-corrected chi connectivity index (χ3v) is 16.5. The molecule has 2 unspecified atom stereocenters. The fourth-order valence-electron chi connectivity index (χ4n) is 10.6. The number of benzene rings is 1. The molecule has 2 aromatic heterocycles. The topological polar surface area (TPSA) is 204 Å². The lowest BCUT2D eigenvalue weighted by atomic mass is 9.88. The molecule has 17 heteroatoms. The smallest absolute Gasteiger partial charge is 0.408 e. The highest BCUT2D eigenvalue weighted by molar-refractivity contribution is 7.91. The normalized spacial score (nSPS) is 32.4. The number of nitrogens with one attached hydrogen (secondary N) is 3. The highest BCUT2D eigenvalue weighted by Crippen LogP contribution is 2.57. The summed E-state index contributed by atoms with van der Waals surface area (Å²) in [5.41, 5.74) is -0.482. The minimum atomic E-state index is -3.94. The number of aromatic nitrogens is 2. The molecule has 6 aliphatic rings. The van der Waals surface area contributed by atoms with Crippen molar-refractivity contribution in [3.63, 3.8) is 0 Å². The first-order chi connectivity index (χ1) is 31.5. The predicted molar refractivity (Wildman–Crippen MR) is 251 cm³/mol. The number of nitrogens with zero attached hydrogens (tertiary/aromatic N) is 3. The minimum Gasteiger partial charge on any atom is -0.497 e. The minimum absolute atomic E-state index is 0. The number of sulfonamides is 1. The van der Waals surface area contributed by atoms with E-state index in [0.717, 1.165) is 24.6 Å². The van der Waals surface area contributed by atoms with E-state index < -0.39 is 68.7 Å². The van der Waals surface area contributed by atoms with Gasteiger partial charge in [-0.1, -0.05) is 32.9 Å². The zero-order chi connectivity index (χ0) is 46.7. The molecule has 4 heterocycles. The van der Waals surface area contributed by atoms with Crippen LogP contribution in [0.5, 0.6) is 17.4 Å². The van der Waals surface area contributed by atoms with E-state index in [0.29, 0.717) is 71.7 Å². The molecular weight excluding hydrogens is 865 g/mol. The molecule has 0 bridgehead atoms. The molecule has 9 atom stereocenters. The van der Waals surface area contributed by atoms with Crippen molar-refractivity contribution in [3.8, 4) is 28.8 Å². The molecule has 66 heavy (non-hydrogen) atoms. The molecule has 1 saturated heterocycles. The molecule has 3 aromatic rings. The van der Waals surface area contributed by atoms with Gasteiger partial charge in [0.2, 0.25) is 27.7 Å². The number of carbonyl (C=O) groups excluding carboxylic acids is 4. The molecule has 3 N–H and O–H groups in total. The number of hydrogen-bond acceptors (Lipinski definition) is 12. The maximum Gasteiger partial charge on any atom is 0.408 e. The monoisotopic (exact) mass is 932 g/mol. The van der Waals surface area contributed by atoms with Gasteiger partial charge < -0.3 is 34.5 Å². The molecule has 16 nitrogen and oxygen atoms in total. The largest absolute Gasteiger partial charge is 0.497 e. The van der Waals surface area contributed by atoms with Crippen LogP contribution in [0.15, 0.2) is 54.7 Å². The van der Waals surface area contributed by atoms with Crippen molar-refractivity contribution in [2.45, 2.75) is 134 Å². The summed E-state index contributed by atoms with van der Waals surface area (Å²) < 4.78 is 52.5. The molecule has 1 aromatic carbocycles. The third kappa shape index (κ3) is 9.54. The van der Waals surface area contributed by atoms with E-state index in [-0.39, 0.29) is 53.6 Å². The standard InChI is InChI=1S/C49H62N6O10S.3H2/c1-26(2)63-33-12-16-40(50-24-33)41-19-30-18-32(62-6)11-15-37(30)45(51-41)64-35-22-42-44(56)53-49(47(58)54-66(60,61)36-13-14-36)23-31(49)10-8-7-9-27(3)17-28(4)43(46(57)55(42)25-35)52-48(59)65-34-20-38-29(5)39(38)21-34;;;/h8,10-12,15-16,18-19,24,26-29,31,34-36,38-39,42-43H,7,9,13-14,17,20-23,25H2,1-6H3,(H,52,59)(H,53,56)(H,54,58);3*1H/b10-8-;;;/t27-,28+,29?,31+,34?,35+,38?,39?,42-,43-,49+;;;/m0.../s1. The number of fused-ring (bicyclic) bond motifs is 4. The number of amides is 4. The van der Waals surface area contributed by atoms with E-state index in [1.807, 2.05) is 63.3 Å². The van der Waals surface area contributed by atoms with Gasteiger partial charge in [0.05, 0.1) is 42.6 Å². The first-order valence-corrected chi connectivity index (χ1v) is 25.2. The lowest BCUT2D eigenvalue weighted by molar-refractivity contribution is -0.142.